The van der Waals surface area contributed by atoms with Crippen LogP contribution in [0.15, 0.2) is 12.4 Å². The molecule has 0 aromatic carbocycles. The van der Waals surface area contributed by atoms with Gasteiger partial charge in [0.2, 0.25) is 0 Å². The Morgan fingerprint density at radius 1 is 1.77 bits per heavy atom. The van der Waals surface area contributed by atoms with Crippen molar-refractivity contribution in [2.24, 2.45) is 12.8 Å². The quantitative estimate of drug-likeness (QED) is 0.682. The Morgan fingerprint density at radius 3 is 2.92 bits per heavy atom. The zero-order valence-electron chi connectivity index (χ0n) is 7.90. The van der Waals surface area contributed by atoms with Crippen LogP contribution in [-0.2, 0) is 7.05 Å². The molecule has 1 heterocycles. The van der Waals surface area contributed by atoms with E-state index in [1.165, 1.54) is 0 Å². The minimum Gasteiger partial charge on any atom is -0.340 e. The van der Waals surface area contributed by atoms with Crippen molar-refractivity contribution in [3.8, 4) is 0 Å². The molecule has 0 aliphatic carbocycles. The van der Waals surface area contributed by atoms with Gasteiger partial charge in [-0.15, -0.1) is 0 Å². The van der Waals surface area contributed by atoms with E-state index < -0.39 is 0 Å². The van der Waals surface area contributed by atoms with Crippen LogP contribution in [0.5, 0.6) is 0 Å². The molecule has 1 aromatic rings. The van der Waals surface area contributed by atoms with Gasteiger partial charge in [0, 0.05) is 33.4 Å². The number of carbonyl (C=O) groups is 1. The van der Waals surface area contributed by atoms with E-state index in [1.807, 2.05) is 0 Å². The fourth-order valence-corrected chi connectivity index (χ4v) is 1.05. The number of aromatic nitrogens is 2. The lowest BCUT2D eigenvalue weighted by molar-refractivity contribution is 0.0799. The first kappa shape index (κ1) is 9.73. The minimum absolute atomic E-state index is 0.0430. The summed E-state index contributed by atoms with van der Waals surface area (Å²) >= 11 is 0. The summed E-state index contributed by atoms with van der Waals surface area (Å²) in [7, 11) is 3.50. The van der Waals surface area contributed by atoms with Crippen LogP contribution in [0.4, 0.5) is 0 Å². The molecule has 0 saturated heterocycles. The molecule has 1 rings (SSSR count). The fraction of sp³-hybridized carbons (Fsp3) is 0.500. The maximum atomic E-state index is 11.6. The van der Waals surface area contributed by atoms with Gasteiger partial charge in [-0.05, 0) is 0 Å². The van der Waals surface area contributed by atoms with Gasteiger partial charge in [-0.2, -0.15) is 5.10 Å². The zero-order valence-corrected chi connectivity index (χ0v) is 7.90. The minimum atomic E-state index is -0.0430. The van der Waals surface area contributed by atoms with E-state index in [1.54, 1.807) is 36.1 Å². The highest BCUT2D eigenvalue weighted by Crippen LogP contribution is 2.00. The number of amides is 1. The third kappa shape index (κ3) is 2.29. The lowest BCUT2D eigenvalue weighted by Crippen LogP contribution is -2.31. The maximum absolute atomic E-state index is 11.6. The molecule has 5 nitrogen and oxygen atoms in total. The van der Waals surface area contributed by atoms with Gasteiger partial charge in [-0.25, -0.2) is 0 Å². The van der Waals surface area contributed by atoms with Crippen LogP contribution in [0.25, 0.3) is 0 Å². The Hall–Kier alpha value is -1.36. The molecular formula is C8H14N4O. The molecule has 0 radical (unpaired) electrons. The van der Waals surface area contributed by atoms with Crippen molar-refractivity contribution in [1.82, 2.24) is 14.7 Å². The fourth-order valence-electron chi connectivity index (χ4n) is 1.05. The number of nitrogens with zero attached hydrogens (tertiary/aromatic N) is 3. The topological polar surface area (TPSA) is 64.2 Å². The number of nitrogens with two attached hydrogens (primary N) is 1. The van der Waals surface area contributed by atoms with Crippen LogP contribution in [0.2, 0.25) is 0 Å². The predicted octanol–water partition coefficient (Wildman–Crippen LogP) is -0.549. The molecule has 0 unspecified atom stereocenters. The molecule has 0 aliphatic heterocycles. The maximum Gasteiger partial charge on any atom is 0.256 e. The van der Waals surface area contributed by atoms with Crippen LogP contribution >= 0.6 is 0 Å². The largest absolute Gasteiger partial charge is 0.340 e. The first-order valence-corrected chi connectivity index (χ1v) is 4.09. The number of carbonyl (C=O) groups excluding carboxylic acids is 1. The second kappa shape index (κ2) is 4.04. The molecule has 0 spiro atoms. The molecule has 0 bridgehead atoms. The Morgan fingerprint density at radius 2 is 2.46 bits per heavy atom. The van der Waals surface area contributed by atoms with Gasteiger partial charge in [-0.1, -0.05) is 0 Å². The molecule has 1 amide bonds. The average Bonchev–Trinajstić information content (AvgIpc) is 2.51. The van der Waals surface area contributed by atoms with E-state index in [0.29, 0.717) is 18.7 Å². The van der Waals surface area contributed by atoms with Crippen LogP contribution in [0.1, 0.15) is 10.4 Å². The lowest BCUT2D eigenvalue weighted by Gasteiger charge is -2.14. The summed E-state index contributed by atoms with van der Waals surface area (Å²) in [6.07, 6.45) is 3.24. The summed E-state index contributed by atoms with van der Waals surface area (Å²) in [6.45, 7) is 1.04. The Kier molecular flexibility index (Phi) is 3.02. The van der Waals surface area contributed by atoms with E-state index in [-0.39, 0.29) is 5.91 Å². The molecule has 13 heavy (non-hydrogen) atoms. The molecule has 0 saturated carbocycles. The molecule has 0 aliphatic rings. The van der Waals surface area contributed by atoms with Crippen molar-refractivity contribution in [2.75, 3.05) is 20.1 Å². The third-order valence-electron chi connectivity index (χ3n) is 1.76. The number of likely N-dealkylation sites (N-methyl/N-ethyl adjacent to an activating group) is 1. The van der Waals surface area contributed by atoms with Gasteiger partial charge in [0.05, 0.1) is 11.8 Å². The molecular weight excluding hydrogens is 168 g/mol. The van der Waals surface area contributed by atoms with Gasteiger partial charge in [-0.3, -0.25) is 9.48 Å². The average molecular weight is 182 g/mol. The summed E-state index contributed by atoms with van der Waals surface area (Å²) in [5.41, 5.74) is 5.93. The normalized spacial score (nSPS) is 10.1. The van der Waals surface area contributed by atoms with Crippen molar-refractivity contribution in [2.45, 2.75) is 0 Å². The van der Waals surface area contributed by atoms with Gasteiger partial charge < -0.3 is 10.6 Å². The predicted molar refractivity (Wildman–Crippen MR) is 49.2 cm³/mol. The van der Waals surface area contributed by atoms with Gasteiger partial charge in [0.15, 0.2) is 0 Å². The summed E-state index contributed by atoms with van der Waals surface area (Å²) in [5, 5.41) is 3.92. The Bertz CT molecular complexity index is 294. The Labute approximate surface area is 77.1 Å². The molecule has 1 aromatic heterocycles. The second-order valence-electron chi connectivity index (χ2n) is 2.92. The number of hydrogen-bond acceptors (Lipinski definition) is 3. The summed E-state index contributed by atoms with van der Waals surface area (Å²) < 4.78 is 1.60. The summed E-state index contributed by atoms with van der Waals surface area (Å²) in [5.74, 6) is -0.0430. The third-order valence-corrected chi connectivity index (χ3v) is 1.76. The SMILES string of the molecule is CN(CCN)C(=O)c1cnn(C)c1. The highest BCUT2D eigenvalue weighted by Gasteiger charge is 2.11. The number of aryl methyl sites for hydroxylation is 1. The van der Waals surface area contributed by atoms with Gasteiger partial charge in [0.1, 0.15) is 0 Å². The highest BCUT2D eigenvalue weighted by atomic mass is 16.2. The van der Waals surface area contributed by atoms with Crippen LogP contribution in [-0.4, -0.2) is 40.7 Å². The second-order valence-corrected chi connectivity index (χ2v) is 2.92. The zero-order chi connectivity index (χ0) is 9.84. The first-order valence-electron chi connectivity index (χ1n) is 4.09. The molecule has 5 heteroatoms. The van der Waals surface area contributed by atoms with Gasteiger partial charge >= 0.3 is 0 Å². The van der Waals surface area contributed by atoms with E-state index in [2.05, 4.69) is 5.10 Å². The first-order chi connectivity index (χ1) is 6.15. The van der Waals surface area contributed by atoms with Gasteiger partial charge in [0.25, 0.3) is 5.91 Å². The summed E-state index contributed by atoms with van der Waals surface area (Å²) in [6, 6.07) is 0. The van der Waals surface area contributed by atoms with E-state index in [9.17, 15) is 4.79 Å². The van der Waals surface area contributed by atoms with Crippen LogP contribution in [0.3, 0.4) is 0 Å². The van der Waals surface area contributed by atoms with Crippen molar-refractivity contribution < 1.29 is 4.79 Å². The Balaban J connectivity index is 2.67. The number of rotatable bonds is 3. The van der Waals surface area contributed by atoms with Crippen LogP contribution < -0.4 is 5.73 Å². The van der Waals surface area contributed by atoms with E-state index in [4.69, 9.17) is 5.73 Å². The monoisotopic (exact) mass is 182 g/mol. The van der Waals surface area contributed by atoms with Crippen LogP contribution in [0, 0.1) is 0 Å². The van der Waals surface area contributed by atoms with Crippen molar-refractivity contribution in [3.63, 3.8) is 0 Å². The lowest BCUT2D eigenvalue weighted by atomic mass is 10.3. The number of hydrogen-bond donors (Lipinski definition) is 1. The molecule has 0 atom stereocenters. The van der Waals surface area contributed by atoms with E-state index >= 15 is 0 Å². The molecule has 2 N–H and O–H groups in total. The van der Waals surface area contributed by atoms with Crippen molar-refractivity contribution in [1.29, 1.82) is 0 Å². The summed E-state index contributed by atoms with van der Waals surface area (Å²) in [4.78, 5) is 13.1. The van der Waals surface area contributed by atoms with Crippen molar-refractivity contribution in [3.05, 3.63) is 18.0 Å². The smallest absolute Gasteiger partial charge is 0.256 e. The van der Waals surface area contributed by atoms with Crippen molar-refractivity contribution >= 4 is 5.91 Å². The standard InChI is InChI=1S/C8H14N4O/c1-11(4-3-9)8(13)7-5-10-12(2)6-7/h5-6H,3-4,9H2,1-2H3. The van der Waals surface area contributed by atoms with E-state index in [0.717, 1.165) is 0 Å². The molecule has 72 valence electrons. The highest BCUT2D eigenvalue weighted by molar-refractivity contribution is 5.93. The molecule has 0 fully saturated rings.